The summed E-state index contributed by atoms with van der Waals surface area (Å²) in [4.78, 5) is 0. The predicted molar refractivity (Wildman–Crippen MR) is 63.0 cm³/mol. The Morgan fingerprint density at radius 1 is 1.00 bits per heavy atom. The van der Waals surface area contributed by atoms with E-state index in [4.69, 9.17) is 0 Å². The van der Waals surface area contributed by atoms with Crippen molar-refractivity contribution in [1.82, 2.24) is 0 Å². The number of rotatable bonds is 1. The van der Waals surface area contributed by atoms with E-state index in [-0.39, 0.29) is 0 Å². The van der Waals surface area contributed by atoms with Gasteiger partial charge in [-0.05, 0) is 30.5 Å². The minimum atomic E-state index is -4.35. The molecule has 1 fully saturated rings. The van der Waals surface area contributed by atoms with Crippen LogP contribution >= 0.6 is 0 Å². The standard InChI is InChI=1S/C14H17F3O/c15-14(16,17)12-7-5-6-11(10-12)13(18)8-3-1-2-4-9-13/h5-7,10,18H,1-4,8-9H2. The Labute approximate surface area is 105 Å². The number of halogens is 3. The van der Waals surface area contributed by atoms with E-state index in [2.05, 4.69) is 0 Å². The molecule has 0 aliphatic heterocycles. The topological polar surface area (TPSA) is 20.2 Å². The van der Waals surface area contributed by atoms with Gasteiger partial charge in [-0.15, -0.1) is 0 Å². The smallest absolute Gasteiger partial charge is 0.385 e. The molecule has 1 aliphatic rings. The molecule has 1 aromatic carbocycles. The maximum Gasteiger partial charge on any atom is 0.416 e. The second-order valence-electron chi connectivity index (χ2n) is 5.02. The van der Waals surface area contributed by atoms with Gasteiger partial charge in [-0.25, -0.2) is 0 Å². The Balaban J connectivity index is 2.32. The Kier molecular flexibility index (Phi) is 3.66. The molecule has 0 unspecified atom stereocenters. The molecule has 0 saturated heterocycles. The minimum absolute atomic E-state index is 0.402. The van der Waals surface area contributed by atoms with Crippen LogP contribution in [0.5, 0.6) is 0 Å². The van der Waals surface area contributed by atoms with Crippen LogP contribution in [0.25, 0.3) is 0 Å². The van der Waals surface area contributed by atoms with Crippen molar-refractivity contribution in [1.29, 1.82) is 0 Å². The van der Waals surface area contributed by atoms with E-state index in [1.807, 2.05) is 0 Å². The molecule has 1 aliphatic carbocycles. The van der Waals surface area contributed by atoms with Crippen LogP contribution in [0, 0.1) is 0 Å². The molecule has 1 N–H and O–H groups in total. The molecule has 0 atom stereocenters. The molecule has 0 aromatic heterocycles. The number of aliphatic hydroxyl groups is 1. The quantitative estimate of drug-likeness (QED) is 0.747. The predicted octanol–water partition coefficient (Wildman–Crippen LogP) is 4.25. The van der Waals surface area contributed by atoms with Gasteiger partial charge in [-0.2, -0.15) is 13.2 Å². The minimum Gasteiger partial charge on any atom is -0.385 e. The molecule has 4 heteroatoms. The molecule has 0 amide bonds. The lowest BCUT2D eigenvalue weighted by molar-refractivity contribution is -0.137. The molecule has 1 saturated carbocycles. The summed E-state index contributed by atoms with van der Waals surface area (Å²) in [6, 6.07) is 5.11. The van der Waals surface area contributed by atoms with E-state index in [9.17, 15) is 18.3 Å². The second kappa shape index (κ2) is 4.92. The zero-order chi connectivity index (χ0) is 13.2. The first-order valence-corrected chi connectivity index (χ1v) is 6.32. The van der Waals surface area contributed by atoms with Crippen molar-refractivity contribution in [2.75, 3.05) is 0 Å². The molecule has 18 heavy (non-hydrogen) atoms. The van der Waals surface area contributed by atoms with Crippen LogP contribution in [-0.4, -0.2) is 5.11 Å². The fraction of sp³-hybridized carbons (Fsp3) is 0.571. The highest BCUT2D eigenvalue weighted by Crippen LogP contribution is 2.38. The summed E-state index contributed by atoms with van der Waals surface area (Å²) in [5, 5.41) is 10.5. The number of hydrogen-bond acceptors (Lipinski definition) is 1. The van der Waals surface area contributed by atoms with Crippen LogP contribution in [0.2, 0.25) is 0 Å². The van der Waals surface area contributed by atoms with Crippen LogP contribution in [0.1, 0.15) is 49.7 Å². The molecule has 0 spiro atoms. The maximum atomic E-state index is 12.7. The van der Waals surface area contributed by atoms with Gasteiger partial charge >= 0.3 is 6.18 Å². The highest BCUT2D eigenvalue weighted by molar-refractivity contribution is 5.30. The van der Waals surface area contributed by atoms with Crippen molar-refractivity contribution in [3.8, 4) is 0 Å². The zero-order valence-electron chi connectivity index (χ0n) is 10.1. The first-order valence-electron chi connectivity index (χ1n) is 6.32. The SMILES string of the molecule is OC1(c2cccc(C(F)(F)F)c2)CCCCCC1. The summed E-state index contributed by atoms with van der Waals surface area (Å²) in [7, 11) is 0. The van der Waals surface area contributed by atoms with Crippen LogP contribution in [0.4, 0.5) is 13.2 Å². The van der Waals surface area contributed by atoms with Crippen LogP contribution in [0.3, 0.4) is 0 Å². The van der Waals surface area contributed by atoms with Crippen molar-refractivity contribution in [2.24, 2.45) is 0 Å². The third-order valence-corrected chi connectivity index (χ3v) is 3.66. The van der Waals surface area contributed by atoms with E-state index < -0.39 is 17.3 Å². The van der Waals surface area contributed by atoms with Crippen LogP contribution < -0.4 is 0 Å². The first-order chi connectivity index (χ1) is 8.42. The normalized spacial score (nSPS) is 20.4. The second-order valence-corrected chi connectivity index (χ2v) is 5.02. The Morgan fingerprint density at radius 3 is 2.17 bits per heavy atom. The molecule has 0 bridgehead atoms. The Morgan fingerprint density at radius 2 is 1.61 bits per heavy atom. The van der Waals surface area contributed by atoms with Gasteiger partial charge in [0.2, 0.25) is 0 Å². The maximum absolute atomic E-state index is 12.7. The average Bonchev–Trinajstić information content (AvgIpc) is 2.54. The summed E-state index contributed by atoms with van der Waals surface area (Å²) in [6.07, 6.45) is 0.571. The van der Waals surface area contributed by atoms with E-state index in [1.165, 1.54) is 6.07 Å². The van der Waals surface area contributed by atoms with Gasteiger partial charge in [-0.1, -0.05) is 37.8 Å². The molecule has 0 heterocycles. The lowest BCUT2D eigenvalue weighted by Crippen LogP contribution is -2.25. The average molecular weight is 258 g/mol. The fourth-order valence-corrected chi connectivity index (χ4v) is 2.59. The lowest BCUT2D eigenvalue weighted by atomic mass is 9.86. The van der Waals surface area contributed by atoms with E-state index in [0.29, 0.717) is 18.4 Å². The monoisotopic (exact) mass is 258 g/mol. The largest absolute Gasteiger partial charge is 0.416 e. The highest BCUT2D eigenvalue weighted by Gasteiger charge is 2.34. The van der Waals surface area contributed by atoms with Gasteiger partial charge in [-0.3, -0.25) is 0 Å². The third-order valence-electron chi connectivity index (χ3n) is 3.66. The molecule has 0 radical (unpaired) electrons. The summed E-state index contributed by atoms with van der Waals surface area (Å²) in [5.41, 5.74) is -1.37. The van der Waals surface area contributed by atoms with Crippen molar-refractivity contribution in [2.45, 2.75) is 50.3 Å². The van der Waals surface area contributed by atoms with Gasteiger partial charge in [0.15, 0.2) is 0 Å². The van der Waals surface area contributed by atoms with Crippen LogP contribution in [-0.2, 0) is 11.8 Å². The fourth-order valence-electron chi connectivity index (χ4n) is 2.59. The van der Waals surface area contributed by atoms with Gasteiger partial charge in [0, 0.05) is 0 Å². The molecular formula is C14H17F3O. The van der Waals surface area contributed by atoms with Gasteiger partial charge < -0.3 is 5.11 Å². The van der Waals surface area contributed by atoms with E-state index in [1.54, 1.807) is 6.07 Å². The van der Waals surface area contributed by atoms with Gasteiger partial charge in [0.05, 0.1) is 11.2 Å². The van der Waals surface area contributed by atoms with E-state index in [0.717, 1.165) is 37.8 Å². The lowest BCUT2D eigenvalue weighted by Gasteiger charge is -2.27. The number of alkyl halides is 3. The van der Waals surface area contributed by atoms with Crippen molar-refractivity contribution < 1.29 is 18.3 Å². The van der Waals surface area contributed by atoms with Crippen molar-refractivity contribution >= 4 is 0 Å². The number of hydrogen-bond donors (Lipinski definition) is 1. The van der Waals surface area contributed by atoms with Crippen molar-refractivity contribution in [3.05, 3.63) is 35.4 Å². The third kappa shape index (κ3) is 2.86. The molecule has 2 rings (SSSR count). The highest BCUT2D eigenvalue weighted by atomic mass is 19.4. The summed E-state index contributed by atoms with van der Waals surface area (Å²) >= 11 is 0. The van der Waals surface area contributed by atoms with Crippen LogP contribution in [0.15, 0.2) is 24.3 Å². The summed E-state index contributed by atoms with van der Waals surface area (Å²) in [5.74, 6) is 0. The summed E-state index contributed by atoms with van der Waals surface area (Å²) < 4.78 is 38.0. The van der Waals surface area contributed by atoms with Gasteiger partial charge in [0.1, 0.15) is 0 Å². The van der Waals surface area contributed by atoms with E-state index >= 15 is 0 Å². The number of benzene rings is 1. The molecular weight excluding hydrogens is 241 g/mol. The Bertz CT molecular complexity index is 404. The molecule has 1 aromatic rings. The first kappa shape index (κ1) is 13.4. The molecule has 1 nitrogen and oxygen atoms in total. The zero-order valence-corrected chi connectivity index (χ0v) is 10.1. The van der Waals surface area contributed by atoms with Gasteiger partial charge in [0.25, 0.3) is 0 Å². The Hall–Kier alpha value is -1.03. The molecule has 100 valence electrons. The van der Waals surface area contributed by atoms with Crippen molar-refractivity contribution in [3.63, 3.8) is 0 Å². The summed E-state index contributed by atoms with van der Waals surface area (Å²) in [6.45, 7) is 0.